The van der Waals surface area contributed by atoms with Crippen molar-refractivity contribution < 1.29 is 22.7 Å². The smallest absolute Gasteiger partial charge is 0.244 e. The fourth-order valence-corrected chi connectivity index (χ4v) is 4.28. The van der Waals surface area contributed by atoms with Crippen LogP contribution in [0.3, 0.4) is 0 Å². The molecule has 32 heavy (non-hydrogen) atoms. The number of rotatable bonds is 11. The summed E-state index contributed by atoms with van der Waals surface area (Å²) in [5, 5.41) is 2.77. The number of carbonyl (C=O) groups excluding carboxylic acids is 2. The molecule has 0 fully saturated rings. The Morgan fingerprint density at radius 2 is 1.66 bits per heavy atom. The van der Waals surface area contributed by atoms with Crippen LogP contribution in [0.15, 0.2) is 54.6 Å². The number of ether oxygens (including phenoxy) is 1. The van der Waals surface area contributed by atoms with E-state index in [-0.39, 0.29) is 18.1 Å². The van der Waals surface area contributed by atoms with Gasteiger partial charge >= 0.3 is 0 Å². The van der Waals surface area contributed by atoms with Crippen molar-refractivity contribution in [3.05, 3.63) is 60.2 Å². The fraction of sp³-hybridized carbons (Fsp3) is 0.391. The number of amides is 2. The molecular weight excluding hydrogens is 430 g/mol. The summed E-state index contributed by atoms with van der Waals surface area (Å²) < 4.78 is 31.5. The van der Waals surface area contributed by atoms with Crippen LogP contribution in [0.25, 0.3) is 0 Å². The van der Waals surface area contributed by atoms with E-state index in [9.17, 15) is 18.0 Å². The molecule has 1 N–H and O–H groups in total. The van der Waals surface area contributed by atoms with E-state index in [1.807, 2.05) is 37.3 Å². The van der Waals surface area contributed by atoms with Crippen molar-refractivity contribution >= 4 is 27.5 Å². The van der Waals surface area contributed by atoms with Gasteiger partial charge in [-0.3, -0.25) is 13.9 Å². The summed E-state index contributed by atoms with van der Waals surface area (Å²) >= 11 is 0. The highest BCUT2D eigenvalue weighted by molar-refractivity contribution is 7.92. The van der Waals surface area contributed by atoms with Crippen molar-refractivity contribution in [2.45, 2.75) is 32.9 Å². The van der Waals surface area contributed by atoms with Crippen LogP contribution >= 0.6 is 0 Å². The molecule has 9 heteroatoms. The van der Waals surface area contributed by atoms with Crippen LogP contribution in [0.1, 0.15) is 25.8 Å². The average molecular weight is 462 g/mol. The fourth-order valence-electron chi connectivity index (χ4n) is 3.42. The van der Waals surface area contributed by atoms with E-state index in [1.165, 1.54) is 12.0 Å². The molecule has 0 saturated carbocycles. The Bertz CT molecular complexity index is 1010. The normalized spacial score (nSPS) is 12.0. The van der Waals surface area contributed by atoms with Crippen molar-refractivity contribution in [3.8, 4) is 5.75 Å². The lowest BCUT2D eigenvalue weighted by molar-refractivity contribution is -0.140. The summed E-state index contributed by atoms with van der Waals surface area (Å²) in [6, 6.07) is 15.1. The second kappa shape index (κ2) is 11.5. The van der Waals surface area contributed by atoms with Gasteiger partial charge in [-0.2, -0.15) is 0 Å². The third-order valence-electron chi connectivity index (χ3n) is 4.97. The predicted molar refractivity (Wildman–Crippen MR) is 125 cm³/mol. The van der Waals surface area contributed by atoms with E-state index < -0.39 is 28.5 Å². The molecule has 0 spiro atoms. The monoisotopic (exact) mass is 461 g/mol. The van der Waals surface area contributed by atoms with Gasteiger partial charge in [0.15, 0.2) is 0 Å². The van der Waals surface area contributed by atoms with Crippen molar-refractivity contribution in [2.24, 2.45) is 0 Å². The topological polar surface area (TPSA) is 96.0 Å². The summed E-state index contributed by atoms with van der Waals surface area (Å²) in [4.78, 5) is 27.6. The first-order valence-corrected chi connectivity index (χ1v) is 12.3. The molecule has 0 saturated heterocycles. The second-order valence-electron chi connectivity index (χ2n) is 7.27. The van der Waals surface area contributed by atoms with Gasteiger partial charge in [-0.05, 0) is 31.0 Å². The molecule has 174 valence electrons. The summed E-state index contributed by atoms with van der Waals surface area (Å²) in [6.45, 7) is 3.78. The number of benzene rings is 2. The van der Waals surface area contributed by atoms with Crippen LogP contribution in [-0.2, 0) is 26.2 Å². The highest BCUT2D eigenvalue weighted by Gasteiger charge is 2.32. The van der Waals surface area contributed by atoms with Gasteiger partial charge in [-0.15, -0.1) is 0 Å². The molecule has 2 rings (SSSR count). The van der Waals surface area contributed by atoms with Crippen molar-refractivity contribution in [3.63, 3.8) is 0 Å². The summed E-state index contributed by atoms with van der Waals surface area (Å²) in [5.74, 6) is -0.429. The molecule has 1 unspecified atom stereocenters. The molecule has 8 nitrogen and oxygen atoms in total. The van der Waals surface area contributed by atoms with Crippen molar-refractivity contribution in [1.29, 1.82) is 0 Å². The average Bonchev–Trinajstić information content (AvgIpc) is 2.77. The number of likely N-dealkylation sites (N-methyl/N-ethyl adjacent to an activating group) is 1. The zero-order valence-corrected chi connectivity index (χ0v) is 19.8. The Balaban J connectivity index is 2.44. The van der Waals surface area contributed by atoms with E-state index in [2.05, 4.69) is 5.32 Å². The highest BCUT2D eigenvalue weighted by atomic mass is 32.2. The Hall–Kier alpha value is -3.07. The first kappa shape index (κ1) is 25.2. The molecule has 0 bridgehead atoms. The third kappa shape index (κ3) is 6.46. The lowest BCUT2D eigenvalue weighted by atomic mass is 10.1. The maximum atomic E-state index is 13.5. The van der Waals surface area contributed by atoms with Crippen LogP contribution in [0.4, 0.5) is 5.69 Å². The highest BCUT2D eigenvalue weighted by Crippen LogP contribution is 2.29. The van der Waals surface area contributed by atoms with Gasteiger partial charge in [0, 0.05) is 13.1 Å². The van der Waals surface area contributed by atoms with Crippen LogP contribution in [0, 0.1) is 0 Å². The second-order valence-corrected chi connectivity index (χ2v) is 9.17. The Kier molecular flexibility index (Phi) is 9.07. The molecule has 0 aromatic heterocycles. The van der Waals surface area contributed by atoms with Gasteiger partial charge in [0.1, 0.15) is 18.3 Å². The molecule has 0 aliphatic rings. The summed E-state index contributed by atoms with van der Waals surface area (Å²) in [7, 11) is -2.37. The predicted octanol–water partition coefficient (Wildman–Crippen LogP) is 2.40. The summed E-state index contributed by atoms with van der Waals surface area (Å²) in [5.41, 5.74) is 1.10. The van der Waals surface area contributed by atoms with Gasteiger partial charge in [0.25, 0.3) is 0 Å². The number of hydrogen-bond acceptors (Lipinski definition) is 5. The maximum Gasteiger partial charge on any atom is 0.244 e. The zero-order chi connectivity index (χ0) is 23.7. The molecular formula is C23H31N3O5S. The standard InChI is InChI=1S/C23H31N3O5S/c1-5-19(23(28)24-6-2)25(16-18-12-8-7-9-13-18)22(27)17-26(32(4,29)30)20-14-10-11-15-21(20)31-3/h7-15,19H,5-6,16-17H2,1-4H3,(H,24,28). The van der Waals surface area contributed by atoms with Gasteiger partial charge < -0.3 is 15.0 Å². The number of anilines is 1. The SMILES string of the molecule is CCNC(=O)C(CC)N(Cc1ccccc1)C(=O)CN(c1ccccc1OC)S(C)(=O)=O. The van der Waals surface area contributed by atoms with E-state index in [1.54, 1.807) is 31.2 Å². The number of nitrogens with one attached hydrogen (secondary N) is 1. The van der Waals surface area contributed by atoms with Crippen LogP contribution in [0.5, 0.6) is 5.75 Å². The molecule has 0 heterocycles. The van der Waals surface area contributed by atoms with Gasteiger partial charge in [-0.25, -0.2) is 8.42 Å². The van der Waals surface area contributed by atoms with Crippen LogP contribution < -0.4 is 14.4 Å². The van der Waals surface area contributed by atoms with Crippen molar-refractivity contribution in [2.75, 3.05) is 30.8 Å². The maximum absolute atomic E-state index is 13.5. The minimum absolute atomic E-state index is 0.179. The molecule has 0 aliphatic heterocycles. The number of hydrogen-bond donors (Lipinski definition) is 1. The van der Waals surface area contributed by atoms with Crippen LogP contribution in [0.2, 0.25) is 0 Å². The largest absolute Gasteiger partial charge is 0.495 e. The van der Waals surface area contributed by atoms with Crippen LogP contribution in [-0.4, -0.2) is 57.6 Å². The number of carbonyl (C=O) groups is 2. The lowest BCUT2D eigenvalue weighted by Crippen LogP contribution is -2.52. The van der Waals surface area contributed by atoms with Gasteiger partial charge in [0.05, 0.1) is 19.1 Å². The Morgan fingerprint density at radius 1 is 1.03 bits per heavy atom. The molecule has 2 aromatic rings. The molecule has 2 amide bonds. The third-order valence-corrected chi connectivity index (χ3v) is 6.09. The molecule has 0 aliphatic carbocycles. The Morgan fingerprint density at radius 3 is 2.22 bits per heavy atom. The van der Waals surface area contributed by atoms with E-state index in [0.717, 1.165) is 16.1 Å². The minimum Gasteiger partial charge on any atom is -0.495 e. The van der Waals surface area contributed by atoms with Gasteiger partial charge in [0.2, 0.25) is 21.8 Å². The number of para-hydroxylation sites is 2. The zero-order valence-electron chi connectivity index (χ0n) is 18.9. The lowest BCUT2D eigenvalue weighted by Gasteiger charge is -2.33. The first-order valence-electron chi connectivity index (χ1n) is 10.4. The van der Waals surface area contributed by atoms with E-state index in [4.69, 9.17) is 4.74 Å². The van der Waals surface area contributed by atoms with Gasteiger partial charge in [-0.1, -0.05) is 49.4 Å². The molecule has 2 aromatic carbocycles. The Labute approximate surface area is 190 Å². The molecule has 0 radical (unpaired) electrons. The number of nitrogens with zero attached hydrogens (tertiary/aromatic N) is 2. The number of methoxy groups -OCH3 is 1. The molecule has 1 atom stereocenters. The van der Waals surface area contributed by atoms with Crippen molar-refractivity contribution in [1.82, 2.24) is 10.2 Å². The quantitative estimate of drug-likeness (QED) is 0.554. The number of sulfonamides is 1. The minimum atomic E-state index is -3.81. The van der Waals surface area contributed by atoms with E-state index >= 15 is 0 Å². The van der Waals surface area contributed by atoms with E-state index in [0.29, 0.717) is 18.7 Å². The summed E-state index contributed by atoms with van der Waals surface area (Å²) in [6.07, 6.45) is 1.42. The first-order chi connectivity index (χ1) is 15.2.